The van der Waals surface area contributed by atoms with Crippen molar-refractivity contribution in [3.63, 3.8) is 0 Å². The van der Waals surface area contributed by atoms with E-state index in [0.717, 1.165) is 31.7 Å². The Bertz CT molecular complexity index is 422. The highest BCUT2D eigenvalue weighted by Gasteiger charge is 2.28. The number of thioether (sulfide) groups is 1. The Morgan fingerprint density at radius 2 is 2.20 bits per heavy atom. The molecule has 1 fully saturated rings. The van der Waals surface area contributed by atoms with Crippen LogP contribution in [0.5, 0.6) is 0 Å². The maximum absolute atomic E-state index is 12.1. The Morgan fingerprint density at radius 1 is 1.45 bits per heavy atom. The van der Waals surface area contributed by atoms with Gasteiger partial charge in [0.05, 0.1) is 6.10 Å². The molecule has 1 aliphatic rings. The first-order chi connectivity index (χ1) is 9.66. The van der Waals surface area contributed by atoms with Gasteiger partial charge in [0, 0.05) is 30.3 Å². The van der Waals surface area contributed by atoms with Crippen LogP contribution in [0.15, 0.2) is 35.2 Å². The standard InChI is InChI=1S/C16H23NO2S/c1-13(18)14-9-10-17(12-14)16(19)8-5-11-20-15-6-3-2-4-7-15/h2-4,6-7,13-14,18H,5,8-12H2,1H3. The summed E-state index contributed by atoms with van der Waals surface area (Å²) in [6.07, 6.45) is 2.16. The van der Waals surface area contributed by atoms with Crippen LogP contribution in [0.2, 0.25) is 0 Å². The molecule has 1 aromatic rings. The zero-order valence-corrected chi connectivity index (χ0v) is 12.8. The third-order valence-electron chi connectivity index (χ3n) is 3.81. The fourth-order valence-electron chi connectivity index (χ4n) is 2.50. The molecular formula is C16H23NO2S. The van der Waals surface area contributed by atoms with Crippen molar-refractivity contribution >= 4 is 17.7 Å². The van der Waals surface area contributed by atoms with Gasteiger partial charge in [-0.3, -0.25) is 4.79 Å². The Balaban J connectivity index is 1.64. The summed E-state index contributed by atoms with van der Waals surface area (Å²) in [6.45, 7) is 3.34. The lowest BCUT2D eigenvalue weighted by molar-refractivity contribution is -0.130. The monoisotopic (exact) mass is 293 g/mol. The molecule has 0 radical (unpaired) electrons. The second-order valence-electron chi connectivity index (χ2n) is 5.39. The van der Waals surface area contributed by atoms with Crippen LogP contribution in [-0.4, -0.2) is 40.9 Å². The summed E-state index contributed by atoms with van der Waals surface area (Å²) in [7, 11) is 0. The van der Waals surface area contributed by atoms with E-state index in [0.29, 0.717) is 6.42 Å². The second kappa shape index (κ2) is 7.70. The number of amides is 1. The van der Waals surface area contributed by atoms with E-state index in [9.17, 15) is 9.90 Å². The predicted octanol–water partition coefficient (Wildman–Crippen LogP) is 2.79. The molecule has 3 nitrogen and oxygen atoms in total. The molecule has 2 atom stereocenters. The minimum atomic E-state index is -0.304. The van der Waals surface area contributed by atoms with E-state index in [4.69, 9.17) is 0 Å². The summed E-state index contributed by atoms with van der Waals surface area (Å²) >= 11 is 1.80. The first kappa shape index (κ1) is 15.4. The zero-order valence-electron chi connectivity index (χ0n) is 12.0. The van der Waals surface area contributed by atoms with Crippen LogP contribution < -0.4 is 0 Å². The van der Waals surface area contributed by atoms with Crippen molar-refractivity contribution in [2.24, 2.45) is 5.92 Å². The van der Waals surface area contributed by atoms with Gasteiger partial charge in [0.25, 0.3) is 0 Å². The van der Waals surface area contributed by atoms with Crippen LogP contribution in [0, 0.1) is 5.92 Å². The van der Waals surface area contributed by atoms with Crippen molar-refractivity contribution in [3.8, 4) is 0 Å². The van der Waals surface area contributed by atoms with Crippen LogP contribution in [0.25, 0.3) is 0 Å². The van der Waals surface area contributed by atoms with Gasteiger partial charge in [0.2, 0.25) is 5.91 Å². The van der Waals surface area contributed by atoms with Crippen molar-refractivity contribution in [1.82, 2.24) is 4.90 Å². The molecule has 2 rings (SSSR count). The average molecular weight is 293 g/mol. The molecule has 1 N–H and O–H groups in total. The molecule has 1 aliphatic heterocycles. The van der Waals surface area contributed by atoms with E-state index in [2.05, 4.69) is 12.1 Å². The molecule has 0 aliphatic carbocycles. The van der Waals surface area contributed by atoms with Crippen LogP contribution in [0.4, 0.5) is 0 Å². The van der Waals surface area contributed by atoms with E-state index >= 15 is 0 Å². The van der Waals surface area contributed by atoms with Crippen molar-refractivity contribution in [1.29, 1.82) is 0 Å². The van der Waals surface area contributed by atoms with Gasteiger partial charge in [-0.2, -0.15) is 0 Å². The Kier molecular flexibility index (Phi) is 5.92. The van der Waals surface area contributed by atoms with E-state index in [-0.39, 0.29) is 17.9 Å². The number of nitrogens with zero attached hydrogens (tertiary/aromatic N) is 1. The summed E-state index contributed by atoms with van der Waals surface area (Å²) in [5.74, 6) is 1.48. The first-order valence-electron chi connectivity index (χ1n) is 7.30. The molecule has 0 bridgehead atoms. The van der Waals surface area contributed by atoms with Gasteiger partial charge in [-0.15, -0.1) is 11.8 Å². The van der Waals surface area contributed by atoms with Gasteiger partial charge >= 0.3 is 0 Å². The SMILES string of the molecule is CC(O)C1CCN(C(=O)CCCSc2ccccc2)C1. The highest BCUT2D eigenvalue weighted by atomic mass is 32.2. The predicted molar refractivity (Wildman–Crippen MR) is 82.8 cm³/mol. The van der Waals surface area contributed by atoms with E-state index in [1.165, 1.54) is 4.90 Å². The molecule has 110 valence electrons. The average Bonchev–Trinajstić information content (AvgIpc) is 2.94. The lowest BCUT2D eigenvalue weighted by Crippen LogP contribution is -2.30. The Hall–Kier alpha value is -1.00. The fraction of sp³-hybridized carbons (Fsp3) is 0.562. The van der Waals surface area contributed by atoms with Gasteiger partial charge < -0.3 is 10.0 Å². The highest BCUT2D eigenvalue weighted by molar-refractivity contribution is 7.99. The number of aliphatic hydroxyl groups excluding tert-OH is 1. The third kappa shape index (κ3) is 4.53. The van der Waals surface area contributed by atoms with E-state index < -0.39 is 0 Å². The third-order valence-corrected chi connectivity index (χ3v) is 4.90. The molecule has 0 spiro atoms. The van der Waals surface area contributed by atoms with Crippen LogP contribution >= 0.6 is 11.8 Å². The smallest absolute Gasteiger partial charge is 0.222 e. The lowest BCUT2D eigenvalue weighted by Gasteiger charge is -2.17. The molecule has 1 saturated heterocycles. The van der Waals surface area contributed by atoms with E-state index in [1.807, 2.05) is 30.0 Å². The molecule has 1 amide bonds. The Morgan fingerprint density at radius 3 is 2.85 bits per heavy atom. The Labute approximate surface area is 125 Å². The number of benzene rings is 1. The number of carbonyl (C=O) groups is 1. The van der Waals surface area contributed by atoms with Crippen molar-refractivity contribution in [2.45, 2.75) is 37.2 Å². The summed E-state index contributed by atoms with van der Waals surface area (Å²) in [5, 5.41) is 9.55. The number of aliphatic hydroxyl groups is 1. The molecule has 0 aromatic heterocycles. The number of hydrogen-bond acceptors (Lipinski definition) is 3. The first-order valence-corrected chi connectivity index (χ1v) is 8.29. The molecule has 1 aromatic carbocycles. The van der Waals surface area contributed by atoms with Crippen LogP contribution in [-0.2, 0) is 4.79 Å². The van der Waals surface area contributed by atoms with Crippen LogP contribution in [0.3, 0.4) is 0 Å². The normalized spacial score (nSPS) is 20.1. The molecule has 20 heavy (non-hydrogen) atoms. The molecule has 2 unspecified atom stereocenters. The van der Waals surface area contributed by atoms with Gasteiger partial charge in [-0.05, 0) is 37.7 Å². The largest absolute Gasteiger partial charge is 0.393 e. The number of rotatable bonds is 6. The summed E-state index contributed by atoms with van der Waals surface area (Å²) in [6, 6.07) is 10.3. The van der Waals surface area contributed by atoms with Crippen molar-refractivity contribution < 1.29 is 9.90 Å². The minimum absolute atomic E-state index is 0.238. The van der Waals surface area contributed by atoms with Gasteiger partial charge in [-0.25, -0.2) is 0 Å². The number of likely N-dealkylation sites (tertiary alicyclic amines) is 1. The fourth-order valence-corrected chi connectivity index (χ4v) is 3.37. The number of hydrogen-bond donors (Lipinski definition) is 1. The maximum atomic E-state index is 12.1. The topological polar surface area (TPSA) is 40.5 Å². The quantitative estimate of drug-likeness (QED) is 0.647. The van der Waals surface area contributed by atoms with Gasteiger partial charge in [0.15, 0.2) is 0 Å². The molecule has 0 saturated carbocycles. The van der Waals surface area contributed by atoms with Gasteiger partial charge in [0.1, 0.15) is 0 Å². The number of carbonyl (C=O) groups excluding carboxylic acids is 1. The molecule has 1 heterocycles. The zero-order chi connectivity index (χ0) is 14.4. The van der Waals surface area contributed by atoms with Crippen molar-refractivity contribution in [2.75, 3.05) is 18.8 Å². The molecular weight excluding hydrogens is 270 g/mol. The minimum Gasteiger partial charge on any atom is -0.393 e. The summed E-state index contributed by atoms with van der Waals surface area (Å²) in [5.41, 5.74) is 0. The summed E-state index contributed by atoms with van der Waals surface area (Å²) in [4.78, 5) is 15.2. The highest BCUT2D eigenvalue weighted by Crippen LogP contribution is 2.22. The second-order valence-corrected chi connectivity index (χ2v) is 6.56. The van der Waals surface area contributed by atoms with Crippen LogP contribution in [0.1, 0.15) is 26.2 Å². The van der Waals surface area contributed by atoms with Crippen molar-refractivity contribution in [3.05, 3.63) is 30.3 Å². The molecule has 4 heteroatoms. The maximum Gasteiger partial charge on any atom is 0.222 e. The van der Waals surface area contributed by atoms with Gasteiger partial charge in [-0.1, -0.05) is 18.2 Å². The van der Waals surface area contributed by atoms with E-state index in [1.54, 1.807) is 11.8 Å². The lowest BCUT2D eigenvalue weighted by atomic mass is 10.0. The summed E-state index contributed by atoms with van der Waals surface area (Å²) < 4.78 is 0.